The molecule has 27 heavy (non-hydrogen) atoms. The highest BCUT2D eigenvalue weighted by atomic mass is 79.9. The minimum atomic E-state index is -0.452. The first-order valence-electron chi connectivity index (χ1n) is 9.76. The fourth-order valence-electron chi connectivity index (χ4n) is 3.63. The molecule has 5 nitrogen and oxygen atoms in total. The van der Waals surface area contributed by atoms with E-state index in [1.54, 1.807) is 0 Å². The number of ether oxygens (including phenoxy) is 2. The van der Waals surface area contributed by atoms with E-state index < -0.39 is 5.60 Å². The molecule has 1 spiro atoms. The zero-order valence-corrected chi connectivity index (χ0v) is 18.6. The minimum Gasteiger partial charge on any atom is -0.491 e. The van der Waals surface area contributed by atoms with E-state index in [2.05, 4.69) is 33.0 Å². The second kappa shape index (κ2) is 7.63. The van der Waals surface area contributed by atoms with Gasteiger partial charge in [0.15, 0.2) is 0 Å². The van der Waals surface area contributed by atoms with E-state index >= 15 is 0 Å². The highest BCUT2D eigenvalue weighted by molar-refractivity contribution is 9.10. The topological polar surface area (TPSA) is 42.0 Å². The molecule has 1 saturated heterocycles. The van der Waals surface area contributed by atoms with E-state index in [0.29, 0.717) is 6.54 Å². The van der Waals surface area contributed by atoms with Gasteiger partial charge in [-0.1, -0.05) is 15.9 Å². The van der Waals surface area contributed by atoms with Gasteiger partial charge in [0.05, 0.1) is 11.6 Å². The lowest BCUT2D eigenvalue weighted by atomic mass is 10.1. The molecular formula is C21H31BrN2O3. The van der Waals surface area contributed by atoms with Crippen LogP contribution >= 0.6 is 15.9 Å². The Morgan fingerprint density at radius 1 is 1.26 bits per heavy atom. The molecule has 0 aromatic heterocycles. The predicted molar refractivity (Wildman–Crippen MR) is 110 cm³/mol. The summed E-state index contributed by atoms with van der Waals surface area (Å²) in [6.07, 6.45) is 2.10. The smallest absolute Gasteiger partial charge is 0.410 e. The number of hydrogen-bond donors (Lipinski definition) is 0. The largest absolute Gasteiger partial charge is 0.491 e. The molecule has 1 saturated carbocycles. The molecule has 1 aromatic carbocycles. The molecule has 0 N–H and O–H groups in total. The van der Waals surface area contributed by atoms with Crippen LogP contribution in [0.25, 0.3) is 0 Å². The summed E-state index contributed by atoms with van der Waals surface area (Å²) in [6.45, 7) is 13.1. The van der Waals surface area contributed by atoms with Crippen LogP contribution in [0.1, 0.15) is 53.0 Å². The number of nitrogens with zero attached hydrogens (tertiary/aromatic N) is 2. The zero-order valence-electron chi connectivity index (χ0n) is 17.0. The Hall–Kier alpha value is -1.27. The summed E-state index contributed by atoms with van der Waals surface area (Å²) in [4.78, 5) is 17.0. The standard InChI is InChI=1S/C21H31BrN2O3/c1-15(2)26-17-6-7-18(22)16(12-17)13-23-10-11-24(21(14-23)8-9-21)19(25)27-20(3,4)5/h6-7,12,15H,8-11,13-14H2,1-5H3. The van der Waals surface area contributed by atoms with Gasteiger partial charge in [0, 0.05) is 30.7 Å². The molecule has 1 heterocycles. The van der Waals surface area contributed by atoms with Crippen molar-refractivity contribution in [1.82, 2.24) is 9.80 Å². The van der Waals surface area contributed by atoms with Crippen molar-refractivity contribution in [2.45, 2.75) is 71.2 Å². The van der Waals surface area contributed by atoms with Gasteiger partial charge in [-0.05, 0) is 71.2 Å². The normalized spacial score (nSPS) is 19.4. The summed E-state index contributed by atoms with van der Waals surface area (Å²) in [6, 6.07) is 6.16. The lowest BCUT2D eigenvalue weighted by Crippen LogP contribution is -2.57. The summed E-state index contributed by atoms with van der Waals surface area (Å²) >= 11 is 3.67. The van der Waals surface area contributed by atoms with Crippen LogP contribution < -0.4 is 4.74 Å². The van der Waals surface area contributed by atoms with Crippen LogP contribution in [-0.4, -0.2) is 52.8 Å². The van der Waals surface area contributed by atoms with Crippen molar-refractivity contribution in [3.05, 3.63) is 28.2 Å². The molecule has 2 aliphatic rings. The highest BCUT2D eigenvalue weighted by Gasteiger charge is 2.54. The van der Waals surface area contributed by atoms with Gasteiger partial charge >= 0.3 is 6.09 Å². The first-order chi connectivity index (χ1) is 12.6. The molecule has 1 aromatic rings. The molecule has 3 rings (SSSR count). The number of halogens is 1. The molecule has 0 bridgehead atoms. The van der Waals surface area contributed by atoms with Crippen LogP contribution in [0.2, 0.25) is 0 Å². The molecular weight excluding hydrogens is 408 g/mol. The monoisotopic (exact) mass is 438 g/mol. The Labute approximate surface area is 171 Å². The number of amides is 1. The van der Waals surface area contributed by atoms with Crippen LogP contribution in [0.3, 0.4) is 0 Å². The van der Waals surface area contributed by atoms with Crippen LogP contribution in [-0.2, 0) is 11.3 Å². The van der Waals surface area contributed by atoms with E-state index in [1.165, 1.54) is 5.56 Å². The fraction of sp³-hybridized carbons (Fsp3) is 0.667. The molecule has 2 fully saturated rings. The van der Waals surface area contributed by atoms with Gasteiger partial charge in [0.1, 0.15) is 11.4 Å². The summed E-state index contributed by atoms with van der Waals surface area (Å²) in [5.74, 6) is 0.900. The molecule has 0 radical (unpaired) electrons. The maximum atomic E-state index is 12.6. The lowest BCUT2D eigenvalue weighted by Gasteiger charge is -2.42. The second-order valence-corrected chi connectivity index (χ2v) is 9.84. The number of hydrogen-bond acceptors (Lipinski definition) is 4. The van der Waals surface area contributed by atoms with Gasteiger partial charge in [-0.15, -0.1) is 0 Å². The van der Waals surface area contributed by atoms with Crippen molar-refractivity contribution in [2.75, 3.05) is 19.6 Å². The Kier molecular flexibility index (Phi) is 5.78. The van der Waals surface area contributed by atoms with Crippen LogP contribution in [0, 0.1) is 0 Å². The Bertz CT molecular complexity index is 695. The van der Waals surface area contributed by atoms with E-state index in [-0.39, 0.29) is 17.7 Å². The Morgan fingerprint density at radius 3 is 2.56 bits per heavy atom. The van der Waals surface area contributed by atoms with E-state index in [0.717, 1.165) is 42.7 Å². The summed E-state index contributed by atoms with van der Waals surface area (Å²) < 4.78 is 12.6. The lowest BCUT2D eigenvalue weighted by molar-refractivity contribution is -0.00811. The van der Waals surface area contributed by atoms with Gasteiger partial charge in [0.25, 0.3) is 0 Å². The third kappa shape index (κ3) is 5.17. The Balaban J connectivity index is 1.66. The van der Waals surface area contributed by atoms with Crippen LogP contribution in [0.4, 0.5) is 4.79 Å². The first kappa shape index (κ1) is 20.5. The van der Waals surface area contributed by atoms with Gasteiger partial charge in [-0.3, -0.25) is 9.80 Å². The summed E-state index contributed by atoms with van der Waals surface area (Å²) in [7, 11) is 0. The first-order valence-corrected chi connectivity index (χ1v) is 10.6. The number of rotatable bonds is 4. The van der Waals surface area contributed by atoms with Crippen molar-refractivity contribution in [1.29, 1.82) is 0 Å². The van der Waals surface area contributed by atoms with Crippen molar-refractivity contribution >= 4 is 22.0 Å². The molecule has 1 amide bonds. The van der Waals surface area contributed by atoms with Crippen LogP contribution in [0.15, 0.2) is 22.7 Å². The maximum absolute atomic E-state index is 12.6. The third-order valence-electron chi connectivity index (χ3n) is 4.95. The average molecular weight is 439 g/mol. The number of carbonyl (C=O) groups excluding carboxylic acids is 1. The van der Waals surface area contributed by atoms with Crippen molar-refractivity contribution in [2.24, 2.45) is 0 Å². The summed E-state index contributed by atoms with van der Waals surface area (Å²) in [5.41, 5.74) is 0.722. The van der Waals surface area contributed by atoms with Crippen molar-refractivity contribution in [3.8, 4) is 5.75 Å². The average Bonchev–Trinajstić information content (AvgIpc) is 3.28. The SMILES string of the molecule is CC(C)Oc1ccc(Br)c(CN2CCN(C(=O)OC(C)(C)C)C3(CC3)C2)c1. The summed E-state index contributed by atoms with van der Waals surface area (Å²) in [5, 5.41) is 0. The predicted octanol–water partition coefficient (Wildman–Crippen LogP) is 4.82. The molecule has 0 atom stereocenters. The second-order valence-electron chi connectivity index (χ2n) is 8.99. The molecule has 1 aliphatic heterocycles. The molecule has 150 valence electrons. The van der Waals surface area contributed by atoms with Gasteiger partial charge < -0.3 is 9.47 Å². The third-order valence-corrected chi connectivity index (χ3v) is 5.73. The number of piperazine rings is 1. The zero-order chi connectivity index (χ0) is 19.8. The van der Waals surface area contributed by atoms with Gasteiger partial charge in [-0.2, -0.15) is 0 Å². The number of carbonyl (C=O) groups is 1. The van der Waals surface area contributed by atoms with Gasteiger partial charge in [-0.25, -0.2) is 4.79 Å². The van der Waals surface area contributed by atoms with Gasteiger partial charge in [0.2, 0.25) is 0 Å². The molecule has 0 unspecified atom stereocenters. The van der Waals surface area contributed by atoms with Crippen molar-refractivity contribution in [3.63, 3.8) is 0 Å². The van der Waals surface area contributed by atoms with E-state index in [1.807, 2.05) is 45.6 Å². The Morgan fingerprint density at radius 2 is 1.96 bits per heavy atom. The number of benzene rings is 1. The minimum absolute atomic E-state index is 0.0426. The van der Waals surface area contributed by atoms with E-state index in [4.69, 9.17) is 9.47 Å². The van der Waals surface area contributed by atoms with Crippen LogP contribution in [0.5, 0.6) is 5.75 Å². The fourth-order valence-corrected chi connectivity index (χ4v) is 4.00. The molecule has 6 heteroatoms. The molecule has 1 aliphatic carbocycles. The highest BCUT2D eigenvalue weighted by Crippen LogP contribution is 2.45. The van der Waals surface area contributed by atoms with E-state index in [9.17, 15) is 4.79 Å². The maximum Gasteiger partial charge on any atom is 0.410 e. The quantitative estimate of drug-likeness (QED) is 0.675. The van der Waals surface area contributed by atoms with Crippen molar-refractivity contribution < 1.29 is 14.3 Å².